The number of rotatable bonds is 2. The minimum absolute atomic E-state index is 0.276. The summed E-state index contributed by atoms with van der Waals surface area (Å²) in [6.45, 7) is 3.71. The molecule has 0 saturated carbocycles. The molecule has 17 heavy (non-hydrogen) atoms. The monoisotopic (exact) mass is 246 g/mol. The molecule has 3 heteroatoms. The molecule has 0 unspecified atom stereocenters. The Morgan fingerprint density at radius 3 is 1.59 bits per heavy atom. The number of phenolic OH excluding ortho intramolecular Hbond substituents is 2. The van der Waals surface area contributed by atoms with E-state index in [1.807, 2.05) is 50.2 Å². The van der Waals surface area contributed by atoms with E-state index < -0.39 is 0 Å². The maximum absolute atomic E-state index is 9.92. The average molecular weight is 246 g/mol. The van der Waals surface area contributed by atoms with Gasteiger partial charge in [0.25, 0.3) is 0 Å². The predicted molar refractivity (Wildman–Crippen MR) is 69.8 cm³/mol. The van der Waals surface area contributed by atoms with Crippen LogP contribution in [0, 0.1) is 13.8 Å². The highest BCUT2D eigenvalue weighted by Gasteiger charge is 2.09. The summed E-state index contributed by atoms with van der Waals surface area (Å²) in [4.78, 5) is 1.51. The van der Waals surface area contributed by atoms with Crippen molar-refractivity contribution in [1.29, 1.82) is 0 Å². The molecule has 0 aliphatic heterocycles. The molecular weight excluding hydrogens is 232 g/mol. The van der Waals surface area contributed by atoms with Crippen molar-refractivity contribution >= 4 is 11.8 Å². The Kier molecular flexibility index (Phi) is 3.29. The van der Waals surface area contributed by atoms with Crippen molar-refractivity contribution in [3.63, 3.8) is 0 Å². The van der Waals surface area contributed by atoms with Crippen LogP contribution in [0.25, 0.3) is 0 Å². The molecule has 0 heterocycles. The van der Waals surface area contributed by atoms with E-state index in [1.165, 1.54) is 11.8 Å². The molecule has 2 rings (SSSR count). The zero-order valence-electron chi connectivity index (χ0n) is 9.77. The summed E-state index contributed by atoms with van der Waals surface area (Å²) in [5.41, 5.74) is 1.67. The Labute approximate surface area is 105 Å². The lowest BCUT2D eigenvalue weighted by Crippen LogP contribution is -1.81. The Morgan fingerprint density at radius 1 is 0.765 bits per heavy atom. The zero-order valence-corrected chi connectivity index (χ0v) is 10.6. The van der Waals surface area contributed by atoms with Crippen LogP contribution in [0.5, 0.6) is 11.5 Å². The normalized spacial score (nSPS) is 10.5. The SMILES string of the molecule is Cc1cccc(Sc2cccc(C)c2O)c1O. The van der Waals surface area contributed by atoms with Crippen LogP contribution >= 0.6 is 11.8 Å². The summed E-state index contributed by atoms with van der Waals surface area (Å²) >= 11 is 1.37. The van der Waals surface area contributed by atoms with E-state index in [1.54, 1.807) is 0 Å². The predicted octanol–water partition coefficient (Wildman–Crippen LogP) is 3.87. The quantitative estimate of drug-likeness (QED) is 0.845. The maximum Gasteiger partial charge on any atom is 0.132 e. The van der Waals surface area contributed by atoms with Crippen molar-refractivity contribution in [1.82, 2.24) is 0 Å². The molecule has 0 spiro atoms. The fraction of sp³-hybridized carbons (Fsp3) is 0.143. The van der Waals surface area contributed by atoms with Crippen molar-refractivity contribution in [2.75, 3.05) is 0 Å². The molecule has 88 valence electrons. The lowest BCUT2D eigenvalue weighted by atomic mass is 10.2. The molecule has 2 aromatic carbocycles. The molecule has 0 radical (unpaired) electrons. The second-order valence-corrected chi connectivity index (χ2v) is 5.03. The highest BCUT2D eigenvalue weighted by atomic mass is 32.2. The highest BCUT2D eigenvalue weighted by molar-refractivity contribution is 7.99. The van der Waals surface area contributed by atoms with E-state index in [0.29, 0.717) is 0 Å². The first-order valence-corrected chi connectivity index (χ1v) is 6.16. The summed E-state index contributed by atoms with van der Waals surface area (Å²) in [6.07, 6.45) is 0. The van der Waals surface area contributed by atoms with Crippen molar-refractivity contribution in [2.45, 2.75) is 23.6 Å². The van der Waals surface area contributed by atoms with Gasteiger partial charge in [0, 0.05) is 0 Å². The molecule has 0 saturated heterocycles. The number of para-hydroxylation sites is 2. The summed E-state index contributed by atoms with van der Waals surface area (Å²) in [7, 11) is 0. The number of hydrogen-bond donors (Lipinski definition) is 2. The first-order valence-electron chi connectivity index (χ1n) is 5.34. The second-order valence-electron chi connectivity index (χ2n) is 3.95. The first-order chi connectivity index (χ1) is 8.09. The fourth-order valence-corrected chi connectivity index (χ4v) is 2.59. The van der Waals surface area contributed by atoms with Crippen LogP contribution in [0.2, 0.25) is 0 Å². The fourth-order valence-electron chi connectivity index (χ4n) is 1.55. The molecule has 0 aromatic heterocycles. The van der Waals surface area contributed by atoms with Crippen LogP contribution < -0.4 is 0 Å². The summed E-state index contributed by atoms with van der Waals surface area (Å²) in [5.74, 6) is 0.553. The van der Waals surface area contributed by atoms with Gasteiger partial charge in [-0.05, 0) is 37.1 Å². The Hall–Kier alpha value is -1.61. The van der Waals surface area contributed by atoms with Crippen LogP contribution in [-0.4, -0.2) is 10.2 Å². The van der Waals surface area contributed by atoms with Gasteiger partial charge in [-0.1, -0.05) is 36.0 Å². The van der Waals surface area contributed by atoms with Gasteiger partial charge in [-0.15, -0.1) is 0 Å². The van der Waals surface area contributed by atoms with Crippen LogP contribution in [0.15, 0.2) is 46.2 Å². The van der Waals surface area contributed by atoms with Crippen LogP contribution in [-0.2, 0) is 0 Å². The minimum atomic E-state index is 0.276. The lowest BCUT2D eigenvalue weighted by Gasteiger charge is -2.09. The zero-order chi connectivity index (χ0) is 12.4. The van der Waals surface area contributed by atoms with Gasteiger partial charge in [0.1, 0.15) is 11.5 Å². The van der Waals surface area contributed by atoms with Crippen LogP contribution in [0.1, 0.15) is 11.1 Å². The number of hydrogen-bond acceptors (Lipinski definition) is 3. The van der Waals surface area contributed by atoms with E-state index in [2.05, 4.69) is 0 Å². The van der Waals surface area contributed by atoms with Gasteiger partial charge < -0.3 is 10.2 Å². The highest BCUT2D eigenvalue weighted by Crippen LogP contribution is 2.40. The van der Waals surface area contributed by atoms with Gasteiger partial charge >= 0.3 is 0 Å². The van der Waals surface area contributed by atoms with E-state index in [9.17, 15) is 10.2 Å². The van der Waals surface area contributed by atoms with Gasteiger partial charge in [-0.2, -0.15) is 0 Å². The molecular formula is C14H14O2S. The topological polar surface area (TPSA) is 40.5 Å². The smallest absolute Gasteiger partial charge is 0.132 e. The number of benzene rings is 2. The molecule has 2 N–H and O–H groups in total. The molecule has 0 atom stereocenters. The maximum atomic E-state index is 9.92. The Bertz CT molecular complexity index is 500. The van der Waals surface area contributed by atoms with Gasteiger partial charge in [0.2, 0.25) is 0 Å². The van der Waals surface area contributed by atoms with Gasteiger partial charge in [-0.3, -0.25) is 0 Å². The van der Waals surface area contributed by atoms with Crippen molar-refractivity contribution < 1.29 is 10.2 Å². The van der Waals surface area contributed by atoms with Crippen LogP contribution in [0.4, 0.5) is 0 Å². The Morgan fingerprint density at radius 2 is 1.18 bits per heavy atom. The van der Waals surface area contributed by atoms with Crippen molar-refractivity contribution in [3.05, 3.63) is 47.5 Å². The van der Waals surface area contributed by atoms with Gasteiger partial charge in [0.15, 0.2) is 0 Å². The molecule has 2 nitrogen and oxygen atoms in total. The lowest BCUT2D eigenvalue weighted by molar-refractivity contribution is 0.455. The summed E-state index contributed by atoms with van der Waals surface area (Å²) in [5, 5.41) is 19.8. The second kappa shape index (κ2) is 4.72. The molecule has 0 fully saturated rings. The van der Waals surface area contributed by atoms with Gasteiger partial charge in [0.05, 0.1) is 9.79 Å². The Balaban J connectivity index is 2.38. The van der Waals surface area contributed by atoms with Crippen LogP contribution in [0.3, 0.4) is 0 Å². The van der Waals surface area contributed by atoms with E-state index in [4.69, 9.17) is 0 Å². The largest absolute Gasteiger partial charge is 0.506 e. The summed E-state index contributed by atoms with van der Waals surface area (Å²) in [6, 6.07) is 11.2. The minimum Gasteiger partial charge on any atom is -0.506 e. The summed E-state index contributed by atoms with van der Waals surface area (Å²) < 4.78 is 0. The molecule has 0 aliphatic rings. The van der Waals surface area contributed by atoms with Gasteiger partial charge in [-0.25, -0.2) is 0 Å². The standard InChI is InChI=1S/C14H14O2S/c1-9-5-3-7-11(13(9)15)17-12-8-4-6-10(2)14(12)16/h3-8,15-16H,1-2H3. The molecule has 0 amide bonds. The van der Waals surface area contributed by atoms with Crippen molar-refractivity contribution in [2.24, 2.45) is 0 Å². The number of phenols is 2. The third-order valence-electron chi connectivity index (χ3n) is 2.62. The first kappa shape index (κ1) is 11.9. The average Bonchev–Trinajstić information content (AvgIpc) is 2.31. The molecule has 0 aliphatic carbocycles. The molecule has 2 aromatic rings. The van der Waals surface area contributed by atoms with Crippen molar-refractivity contribution in [3.8, 4) is 11.5 Å². The number of aromatic hydroxyl groups is 2. The number of aryl methyl sites for hydroxylation is 2. The third kappa shape index (κ3) is 2.39. The van der Waals surface area contributed by atoms with E-state index in [0.717, 1.165) is 20.9 Å². The van der Waals surface area contributed by atoms with E-state index >= 15 is 0 Å². The molecule has 0 bridgehead atoms. The van der Waals surface area contributed by atoms with E-state index in [-0.39, 0.29) is 11.5 Å². The third-order valence-corrected chi connectivity index (χ3v) is 3.72.